The van der Waals surface area contributed by atoms with Crippen LogP contribution in [0.5, 0.6) is 0 Å². The van der Waals surface area contributed by atoms with Gasteiger partial charge in [-0.15, -0.1) is 0 Å². The van der Waals surface area contributed by atoms with Crippen LogP contribution in [0.1, 0.15) is 32.1 Å². The lowest BCUT2D eigenvalue weighted by Crippen LogP contribution is -2.54. The van der Waals surface area contributed by atoms with E-state index in [1.165, 1.54) is 25.7 Å². The van der Waals surface area contributed by atoms with Crippen molar-refractivity contribution in [2.24, 2.45) is 21.3 Å². The van der Waals surface area contributed by atoms with Crippen LogP contribution in [0.2, 0.25) is 0 Å². The maximum atomic E-state index is 11.1. The minimum Gasteiger partial charge on any atom is -0.465 e. The number of carbonyl (C=O) groups is 1. The van der Waals surface area contributed by atoms with Gasteiger partial charge in [-0.25, -0.2) is 4.79 Å². The fraction of sp³-hybridized carbons (Fsp3) is 0.812. The molecular weight excluding hydrogens is 280 g/mol. The molecule has 1 spiro atoms. The van der Waals surface area contributed by atoms with Gasteiger partial charge in [0.2, 0.25) is 0 Å². The average Bonchev–Trinajstić information content (AvgIpc) is 3.15. The molecule has 0 aromatic heterocycles. The van der Waals surface area contributed by atoms with Crippen LogP contribution >= 0.6 is 0 Å². The fourth-order valence-electron chi connectivity index (χ4n) is 4.75. The predicted molar refractivity (Wildman–Crippen MR) is 84.7 cm³/mol. The van der Waals surface area contributed by atoms with Crippen molar-refractivity contribution < 1.29 is 9.90 Å². The van der Waals surface area contributed by atoms with Crippen molar-refractivity contribution in [1.29, 1.82) is 0 Å². The summed E-state index contributed by atoms with van der Waals surface area (Å²) in [6, 6.07) is 0.672. The van der Waals surface area contributed by atoms with Gasteiger partial charge in [0.15, 0.2) is 0 Å². The van der Waals surface area contributed by atoms with Crippen LogP contribution in [0.15, 0.2) is 9.98 Å². The van der Waals surface area contributed by atoms with Gasteiger partial charge in [0, 0.05) is 37.5 Å². The molecule has 0 unspecified atom stereocenters. The second-order valence-corrected chi connectivity index (χ2v) is 7.40. The van der Waals surface area contributed by atoms with Crippen LogP contribution in [0.4, 0.5) is 4.79 Å². The lowest BCUT2D eigenvalue weighted by molar-refractivity contribution is -0.00996. The first-order valence-corrected chi connectivity index (χ1v) is 8.42. The molecule has 4 aliphatic rings. The molecule has 3 fully saturated rings. The van der Waals surface area contributed by atoms with Crippen molar-refractivity contribution in [3.63, 3.8) is 0 Å². The predicted octanol–water partition coefficient (Wildman–Crippen LogP) is 1.71. The molecule has 1 saturated carbocycles. The van der Waals surface area contributed by atoms with E-state index >= 15 is 0 Å². The molecule has 0 aromatic rings. The van der Waals surface area contributed by atoms with E-state index in [0.717, 1.165) is 32.6 Å². The smallest absolute Gasteiger partial charge is 0.407 e. The highest BCUT2D eigenvalue weighted by atomic mass is 16.4. The third-order valence-corrected chi connectivity index (χ3v) is 6.10. The van der Waals surface area contributed by atoms with Gasteiger partial charge in [-0.05, 0) is 50.6 Å². The third-order valence-electron chi connectivity index (χ3n) is 6.10. The van der Waals surface area contributed by atoms with E-state index in [1.807, 2.05) is 12.4 Å². The molecule has 2 saturated heterocycles. The highest BCUT2D eigenvalue weighted by Gasteiger charge is 2.51. The SMILES string of the molecule is O=C(O)N1CCC2(CC(N3CCC(C4N=CC=N4)CC3)C2)C1. The molecule has 120 valence electrons. The van der Waals surface area contributed by atoms with Gasteiger partial charge >= 0.3 is 6.09 Å². The standard InChI is InChI=1S/C16H24N4O2/c21-15(22)20-8-3-16(11-20)9-13(10-16)19-6-1-12(2-7-19)14-17-4-5-18-14/h4-5,12-14H,1-3,6-11H2,(H,21,22). The minimum atomic E-state index is -0.751. The zero-order valence-electron chi connectivity index (χ0n) is 12.9. The van der Waals surface area contributed by atoms with E-state index in [4.69, 9.17) is 5.11 Å². The maximum Gasteiger partial charge on any atom is 0.407 e. The van der Waals surface area contributed by atoms with E-state index in [0.29, 0.717) is 17.4 Å². The molecule has 0 radical (unpaired) electrons. The molecule has 3 heterocycles. The van der Waals surface area contributed by atoms with Crippen LogP contribution in [0.3, 0.4) is 0 Å². The molecule has 1 N–H and O–H groups in total. The normalized spacial score (nSPS) is 36.4. The van der Waals surface area contributed by atoms with E-state index < -0.39 is 6.09 Å². The van der Waals surface area contributed by atoms with E-state index in [9.17, 15) is 4.79 Å². The number of nitrogens with zero attached hydrogens (tertiary/aromatic N) is 4. The monoisotopic (exact) mass is 304 g/mol. The first-order chi connectivity index (χ1) is 10.7. The molecule has 1 amide bonds. The minimum absolute atomic E-state index is 0.175. The summed E-state index contributed by atoms with van der Waals surface area (Å²) in [5, 5.41) is 9.11. The summed E-state index contributed by atoms with van der Waals surface area (Å²) in [7, 11) is 0. The molecule has 3 aliphatic heterocycles. The number of likely N-dealkylation sites (tertiary alicyclic amines) is 2. The highest BCUT2D eigenvalue weighted by Crippen LogP contribution is 2.50. The van der Waals surface area contributed by atoms with Crippen molar-refractivity contribution in [1.82, 2.24) is 9.80 Å². The van der Waals surface area contributed by atoms with Crippen LogP contribution < -0.4 is 0 Å². The molecule has 6 heteroatoms. The van der Waals surface area contributed by atoms with Crippen molar-refractivity contribution in [2.45, 2.75) is 44.3 Å². The number of hydrogen-bond acceptors (Lipinski definition) is 4. The van der Waals surface area contributed by atoms with Crippen molar-refractivity contribution in [3.05, 3.63) is 0 Å². The molecule has 1 aliphatic carbocycles. The zero-order chi connectivity index (χ0) is 15.2. The Hall–Kier alpha value is -1.43. The number of carboxylic acid groups (broad SMARTS) is 1. The van der Waals surface area contributed by atoms with Gasteiger partial charge in [-0.1, -0.05) is 0 Å². The van der Waals surface area contributed by atoms with Gasteiger partial charge < -0.3 is 14.9 Å². The summed E-state index contributed by atoms with van der Waals surface area (Å²) in [5.41, 5.74) is 0.292. The van der Waals surface area contributed by atoms with Crippen molar-refractivity contribution in [3.8, 4) is 0 Å². The molecule has 0 aromatic carbocycles. The van der Waals surface area contributed by atoms with Gasteiger partial charge in [0.05, 0.1) is 0 Å². The summed E-state index contributed by atoms with van der Waals surface area (Å²) in [6.45, 7) is 3.77. The Morgan fingerprint density at radius 1 is 1.14 bits per heavy atom. The Bertz CT molecular complexity index is 492. The lowest BCUT2D eigenvalue weighted by Gasteiger charge is -2.51. The summed E-state index contributed by atoms with van der Waals surface area (Å²) in [5.74, 6) is 0.606. The number of rotatable bonds is 2. The second kappa shape index (κ2) is 5.33. The van der Waals surface area contributed by atoms with Crippen LogP contribution in [0.25, 0.3) is 0 Å². The molecule has 0 bridgehead atoms. The van der Waals surface area contributed by atoms with Crippen LogP contribution in [-0.4, -0.2) is 71.8 Å². The van der Waals surface area contributed by atoms with Crippen LogP contribution in [0, 0.1) is 11.3 Å². The quantitative estimate of drug-likeness (QED) is 0.844. The third kappa shape index (κ3) is 2.43. The van der Waals surface area contributed by atoms with Gasteiger partial charge in [0.1, 0.15) is 6.17 Å². The molecular formula is C16H24N4O2. The summed E-state index contributed by atoms with van der Waals surface area (Å²) in [6.07, 6.45) is 8.85. The Balaban J connectivity index is 1.25. The molecule has 6 nitrogen and oxygen atoms in total. The first-order valence-electron chi connectivity index (χ1n) is 8.42. The summed E-state index contributed by atoms with van der Waals surface area (Å²) in [4.78, 5) is 24.1. The topological polar surface area (TPSA) is 68.5 Å². The Morgan fingerprint density at radius 2 is 1.82 bits per heavy atom. The largest absolute Gasteiger partial charge is 0.465 e. The summed E-state index contributed by atoms with van der Waals surface area (Å²) >= 11 is 0. The van der Waals surface area contributed by atoms with Gasteiger partial charge in [-0.2, -0.15) is 0 Å². The van der Waals surface area contributed by atoms with E-state index in [2.05, 4.69) is 14.9 Å². The van der Waals surface area contributed by atoms with Gasteiger partial charge in [0.25, 0.3) is 0 Å². The number of piperidine rings is 1. The second-order valence-electron chi connectivity index (χ2n) is 7.40. The fourth-order valence-corrected chi connectivity index (χ4v) is 4.75. The van der Waals surface area contributed by atoms with Crippen LogP contribution in [-0.2, 0) is 0 Å². The zero-order valence-corrected chi connectivity index (χ0v) is 12.9. The Labute approximate surface area is 130 Å². The van der Waals surface area contributed by atoms with E-state index in [1.54, 1.807) is 4.90 Å². The first kappa shape index (κ1) is 14.2. The molecule has 22 heavy (non-hydrogen) atoms. The van der Waals surface area contributed by atoms with Gasteiger partial charge in [-0.3, -0.25) is 9.98 Å². The Kier molecular flexibility index (Phi) is 3.44. The average molecular weight is 304 g/mol. The molecule has 0 atom stereocenters. The number of hydrogen-bond donors (Lipinski definition) is 1. The van der Waals surface area contributed by atoms with Crippen molar-refractivity contribution in [2.75, 3.05) is 26.2 Å². The number of amides is 1. The summed E-state index contributed by atoms with van der Waals surface area (Å²) < 4.78 is 0. The van der Waals surface area contributed by atoms with Crippen molar-refractivity contribution >= 4 is 18.5 Å². The number of aliphatic imine (C=N–C) groups is 2. The molecule has 4 rings (SSSR count). The van der Waals surface area contributed by atoms with E-state index in [-0.39, 0.29) is 6.17 Å². The maximum absolute atomic E-state index is 11.1. The Morgan fingerprint density at radius 3 is 2.41 bits per heavy atom. The highest BCUT2D eigenvalue weighted by molar-refractivity contribution is 6.17. The lowest BCUT2D eigenvalue weighted by atomic mass is 9.64.